The second kappa shape index (κ2) is 7.11. The zero-order valence-corrected chi connectivity index (χ0v) is 17.1. The van der Waals surface area contributed by atoms with E-state index in [9.17, 15) is 32.7 Å². The van der Waals surface area contributed by atoms with Crippen molar-refractivity contribution in [3.63, 3.8) is 0 Å². The van der Waals surface area contributed by atoms with Gasteiger partial charge in [0.2, 0.25) is 5.43 Å². The Morgan fingerprint density at radius 2 is 1.84 bits per heavy atom. The van der Waals surface area contributed by atoms with E-state index in [1.807, 2.05) is 0 Å². The summed E-state index contributed by atoms with van der Waals surface area (Å²) in [4.78, 5) is 40.1. The first-order valence-electron chi connectivity index (χ1n) is 10.4. The Bertz CT molecular complexity index is 1200. The Hall–Kier alpha value is -3.30. The monoisotopic (exact) mass is 447 g/mol. The van der Waals surface area contributed by atoms with Crippen molar-refractivity contribution < 1.29 is 27.9 Å². The van der Waals surface area contributed by atoms with E-state index in [1.54, 1.807) is 4.90 Å². The molecule has 32 heavy (non-hydrogen) atoms. The fraction of sp³-hybridized carbons (Fsp3) is 0.409. The predicted octanol–water partition coefficient (Wildman–Crippen LogP) is 2.15. The molecule has 1 saturated carbocycles. The van der Waals surface area contributed by atoms with Gasteiger partial charge in [0.1, 0.15) is 23.0 Å². The quantitative estimate of drug-likeness (QED) is 0.755. The normalized spacial score (nSPS) is 25.6. The summed E-state index contributed by atoms with van der Waals surface area (Å²) in [5.74, 6) is -5.02. The highest BCUT2D eigenvalue weighted by molar-refractivity contribution is 5.99. The van der Waals surface area contributed by atoms with Crippen molar-refractivity contribution in [2.75, 3.05) is 0 Å². The third kappa shape index (κ3) is 2.92. The molecule has 5 rings (SSSR count). The molecule has 1 aromatic heterocycles. The Balaban J connectivity index is 1.44. The minimum Gasteiger partial charge on any atom is -0.503 e. The van der Waals surface area contributed by atoms with Crippen LogP contribution >= 0.6 is 0 Å². The largest absolute Gasteiger partial charge is 0.503 e. The lowest BCUT2D eigenvalue weighted by Gasteiger charge is -2.42. The highest BCUT2D eigenvalue weighted by atomic mass is 19.1. The number of nitrogens with one attached hydrogen (secondary N) is 1. The molecule has 2 aromatic rings. The lowest BCUT2D eigenvalue weighted by atomic mass is 9.91. The second-order valence-corrected chi connectivity index (χ2v) is 8.81. The van der Waals surface area contributed by atoms with Gasteiger partial charge < -0.3 is 19.9 Å². The SMILES string of the molecule is C[C@H]1C[C@@H]2C[C@H]1N1C(=O)c3c(O)c(=O)c(C(=O)NCc4c(F)cc(F)cc4F)cn3CC21. The molecule has 0 radical (unpaired) electrons. The van der Waals surface area contributed by atoms with Crippen molar-refractivity contribution >= 4 is 11.8 Å². The highest BCUT2D eigenvalue weighted by Gasteiger charge is 2.54. The summed E-state index contributed by atoms with van der Waals surface area (Å²) in [6.45, 7) is 1.79. The first kappa shape index (κ1) is 20.6. The third-order valence-electron chi connectivity index (χ3n) is 6.99. The van der Waals surface area contributed by atoms with Crippen molar-refractivity contribution in [2.24, 2.45) is 11.8 Å². The van der Waals surface area contributed by atoms with E-state index >= 15 is 0 Å². The molecule has 7 nitrogen and oxygen atoms in total. The fourth-order valence-electron chi connectivity index (χ4n) is 5.50. The van der Waals surface area contributed by atoms with Gasteiger partial charge >= 0.3 is 0 Å². The van der Waals surface area contributed by atoms with Crippen LogP contribution in [0.5, 0.6) is 5.75 Å². The molecule has 1 aliphatic carbocycles. The molecular weight excluding hydrogens is 427 g/mol. The van der Waals surface area contributed by atoms with Crippen LogP contribution in [0, 0.1) is 29.3 Å². The Morgan fingerprint density at radius 1 is 1.16 bits per heavy atom. The molecule has 0 spiro atoms. The molecule has 1 unspecified atom stereocenters. The van der Waals surface area contributed by atoms with E-state index < -0.39 is 58.1 Å². The maximum absolute atomic E-state index is 13.8. The number of amides is 2. The van der Waals surface area contributed by atoms with Gasteiger partial charge in [-0.25, -0.2) is 13.2 Å². The van der Waals surface area contributed by atoms with E-state index in [4.69, 9.17) is 0 Å². The van der Waals surface area contributed by atoms with Crippen LogP contribution in [0.2, 0.25) is 0 Å². The molecule has 2 N–H and O–H groups in total. The molecule has 10 heteroatoms. The van der Waals surface area contributed by atoms with Crippen LogP contribution in [0.15, 0.2) is 23.1 Å². The summed E-state index contributed by atoms with van der Waals surface area (Å²) in [7, 11) is 0. The van der Waals surface area contributed by atoms with Crippen LogP contribution in [0.1, 0.15) is 46.2 Å². The van der Waals surface area contributed by atoms with Crippen LogP contribution < -0.4 is 10.7 Å². The number of carbonyl (C=O) groups is 2. The van der Waals surface area contributed by atoms with Crippen molar-refractivity contribution in [3.8, 4) is 5.75 Å². The number of hydrogen-bond donors (Lipinski definition) is 2. The van der Waals surface area contributed by atoms with Crippen LogP contribution in [0.4, 0.5) is 13.2 Å². The summed E-state index contributed by atoms with van der Waals surface area (Å²) in [6, 6.07) is 0.968. The number of carbonyl (C=O) groups excluding carboxylic acids is 2. The lowest BCUT2D eigenvalue weighted by Crippen LogP contribution is -2.54. The number of benzene rings is 1. The number of fused-ring (bicyclic) bond motifs is 6. The van der Waals surface area contributed by atoms with Gasteiger partial charge in [-0.1, -0.05) is 6.92 Å². The zero-order chi connectivity index (χ0) is 22.9. The van der Waals surface area contributed by atoms with Gasteiger partial charge in [-0.2, -0.15) is 0 Å². The standard InChI is InChI=1S/C22H20F3N3O4/c1-9-2-10-3-16(9)28-17(10)8-27-7-13(19(29)20(30)18(27)22(28)32)21(31)26-6-12-14(24)4-11(23)5-15(12)25/h4-5,7,9-10,16-17,30H,2-3,6,8H2,1H3,(H,26,31)/t9-,10+,16+,17?/m0/s1. The van der Waals surface area contributed by atoms with E-state index in [1.165, 1.54) is 10.8 Å². The molecule has 168 valence electrons. The molecule has 2 bridgehead atoms. The number of hydrogen-bond acceptors (Lipinski definition) is 4. The Morgan fingerprint density at radius 3 is 2.53 bits per heavy atom. The Kier molecular flexibility index (Phi) is 4.58. The van der Waals surface area contributed by atoms with Gasteiger partial charge in [0.15, 0.2) is 11.4 Å². The van der Waals surface area contributed by atoms with E-state index in [0.29, 0.717) is 30.5 Å². The second-order valence-electron chi connectivity index (χ2n) is 8.81. The molecule has 4 atom stereocenters. The molecule has 1 aromatic carbocycles. The van der Waals surface area contributed by atoms with E-state index in [-0.39, 0.29) is 17.8 Å². The summed E-state index contributed by atoms with van der Waals surface area (Å²) in [6.07, 6.45) is 3.07. The van der Waals surface area contributed by atoms with Crippen LogP contribution in [0.25, 0.3) is 0 Å². The minimum absolute atomic E-state index is 0.0728. The average molecular weight is 447 g/mol. The van der Waals surface area contributed by atoms with Gasteiger partial charge in [-0.3, -0.25) is 14.4 Å². The van der Waals surface area contributed by atoms with Crippen LogP contribution in [0.3, 0.4) is 0 Å². The van der Waals surface area contributed by atoms with Crippen molar-refractivity contribution in [3.05, 3.63) is 62.8 Å². The van der Waals surface area contributed by atoms with Gasteiger partial charge in [0.05, 0.1) is 6.04 Å². The molecule has 2 fully saturated rings. The average Bonchev–Trinajstić information content (AvgIpc) is 3.27. The van der Waals surface area contributed by atoms with Crippen LogP contribution in [-0.4, -0.2) is 38.5 Å². The highest BCUT2D eigenvalue weighted by Crippen LogP contribution is 2.48. The lowest BCUT2D eigenvalue weighted by molar-refractivity contribution is 0.0396. The number of rotatable bonds is 3. The van der Waals surface area contributed by atoms with Crippen molar-refractivity contribution in [2.45, 2.75) is 44.9 Å². The number of nitrogens with zero attached hydrogens (tertiary/aromatic N) is 2. The molecule has 2 aliphatic heterocycles. The summed E-state index contributed by atoms with van der Waals surface area (Å²) in [5, 5.41) is 12.7. The molecular formula is C22H20F3N3O4. The number of aromatic hydroxyl groups is 1. The van der Waals surface area contributed by atoms with Crippen molar-refractivity contribution in [1.82, 2.24) is 14.8 Å². The van der Waals surface area contributed by atoms with Gasteiger partial charge in [-0.05, 0) is 24.7 Å². The Labute approximate surface area is 180 Å². The minimum atomic E-state index is -1.18. The first-order valence-corrected chi connectivity index (χ1v) is 10.4. The van der Waals surface area contributed by atoms with Crippen LogP contribution in [-0.2, 0) is 13.1 Å². The number of pyridine rings is 1. The first-order chi connectivity index (χ1) is 15.2. The number of piperidine rings is 1. The molecule has 2 amide bonds. The molecule has 1 saturated heterocycles. The smallest absolute Gasteiger partial charge is 0.275 e. The summed E-state index contributed by atoms with van der Waals surface area (Å²) in [5.41, 5.74) is -2.22. The maximum Gasteiger partial charge on any atom is 0.275 e. The third-order valence-corrected chi connectivity index (χ3v) is 6.99. The predicted molar refractivity (Wildman–Crippen MR) is 105 cm³/mol. The van der Waals surface area contributed by atoms with Gasteiger partial charge in [0, 0.05) is 43.0 Å². The maximum atomic E-state index is 13.8. The summed E-state index contributed by atoms with van der Waals surface area (Å²) >= 11 is 0. The topological polar surface area (TPSA) is 91.6 Å². The fourth-order valence-corrected chi connectivity index (χ4v) is 5.50. The zero-order valence-electron chi connectivity index (χ0n) is 17.1. The van der Waals surface area contributed by atoms with E-state index in [0.717, 1.165) is 12.8 Å². The number of aromatic nitrogens is 1. The van der Waals surface area contributed by atoms with Gasteiger partial charge in [0.25, 0.3) is 11.8 Å². The van der Waals surface area contributed by atoms with Crippen molar-refractivity contribution in [1.29, 1.82) is 0 Å². The summed E-state index contributed by atoms with van der Waals surface area (Å²) < 4.78 is 42.1. The molecule has 3 heterocycles. The van der Waals surface area contributed by atoms with E-state index in [2.05, 4.69) is 12.2 Å². The van der Waals surface area contributed by atoms with Gasteiger partial charge in [-0.15, -0.1) is 0 Å². The molecule has 3 aliphatic rings. The number of halogens is 3.